The molecule has 0 saturated heterocycles. The lowest BCUT2D eigenvalue weighted by Gasteiger charge is -2.05. The summed E-state index contributed by atoms with van der Waals surface area (Å²) >= 11 is 8.26. The van der Waals surface area contributed by atoms with Gasteiger partial charge in [0, 0.05) is 16.1 Å². The lowest BCUT2D eigenvalue weighted by Crippen LogP contribution is -2.07. The van der Waals surface area contributed by atoms with Gasteiger partial charge >= 0.3 is 5.43 Å². The van der Waals surface area contributed by atoms with Crippen LogP contribution in [0.3, 0.4) is 0 Å². The van der Waals surface area contributed by atoms with Gasteiger partial charge in [-0.2, -0.15) is 0 Å². The van der Waals surface area contributed by atoms with Crippen LogP contribution in [-0.4, -0.2) is 18.6 Å². The molecular formula is C9H8BrClO3. The van der Waals surface area contributed by atoms with E-state index in [1.54, 1.807) is 0 Å². The smallest absolute Gasteiger partial charge is 0.403 e. The fourth-order valence-electron chi connectivity index (χ4n) is 0.812. The summed E-state index contributed by atoms with van der Waals surface area (Å²) in [7, 11) is 0. The molecule has 1 aromatic carbocycles. The summed E-state index contributed by atoms with van der Waals surface area (Å²) in [6.45, 7) is 0.443. The maximum Gasteiger partial charge on any atom is 0.403 e. The van der Waals surface area contributed by atoms with Crippen LogP contribution >= 0.6 is 27.5 Å². The molecule has 0 atom stereocenters. The highest BCUT2D eigenvalue weighted by molar-refractivity contribution is 9.10. The molecule has 5 heteroatoms. The van der Waals surface area contributed by atoms with Gasteiger partial charge in [0.25, 0.3) is 0 Å². The van der Waals surface area contributed by atoms with Gasteiger partial charge < -0.3 is 9.47 Å². The Morgan fingerprint density at radius 2 is 1.93 bits per heavy atom. The Bertz CT molecular complexity index is 299. The van der Waals surface area contributed by atoms with Crippen LogP contribution in [0.25, 0.3) is 0 Å². The predicted molar refractivity (Wildman–Crippen MR) is 56.8 cm³/mol. The second-order valence-corrected chi connectivity index (χ2v) is 3.61. The van der Waals surface area contributed by atoms with E-state index in [2.05, 4.69) is 20.7 Å². The van der Waals surface area contributed by atoms with Gasteiger partial charge in [-0.3, -0.25) is 0 Å². The molecule has 0 N–H and O–H groups in total. The standard InChI is InChI=1S/C9H8BrClO3/c10-7-1-3-8(4-2-7)13-5-6-14-9(11)12/h1-4H,5-6H2. The molecule has 0 heterocycles. The number of rotatable bonds is 4. The minimum absolute atomic E-state index is 0.151. The zero-order valence-electron chi connectivity index (χ0n) is 7.20. The molecule has 0 bridgehead atoms. The van der Waals surface area contributed by atoms with E-state index in [-0.39, 0.29) is 6.61 Å². The van der Waals surface area contributed by atoms with Crippen molar-refractivity contribution >= 4 is 33.0 Å². The van der Waals surface area contributed by atoms with Crippen LogP contribution in [0.4, 0.5) is 4.79 Å². The minimum Gasteiger partial charge on any atom is -0.490 e. The molecular weight excluding hydrogens is 271 g/mol. The van der Waals surface area contributed by atoms with E-state index < -0.39 is 5.43 Å². The fraction of sp³-hybridized carbons (Fsp3) is 0.222. The quantitative estimate of drug-likeness (QED) is 0.627. The highest BCUT2D eigenvalue weighted by Gasteiger charge is 1.96. The molecule has 76 valence electrons. The lowest BCUT2D eigenvalue weighted by molar-refractivity contribution is 0.147. The van der Waals surface area contributed by atoms with E-state index in [1.165, 1.54) is 0 Å². The van der Waals surface area contributed by atoms with E-state index in [1.807, 2.05) is 24.3 Å². The number of carbonyl (C=O) groups excluding carboxylic acids is 1. The Kier molecular flexibility index (Phi) is 4.76. The molecule has 14 heavy (non-hydrogen) atoms. The third-order valence-electron chi connectivity index (χ3n) is 1.38. The van der Waals surface area contributed by atoms with Gasteiger partial charge in [0.1, 0.15) is 19.0 Å². The minimum atomic E-state index is -0.815. The van der Waals surface area contributed by atoms with Gasteiger partial charge in [0.2, 0.25) is 0 Å². The highest BCUT2D eigenvalue weighted by Crippen LogP contribution is 2.15. The number of halogens is 2. The molecule has 3 nitrogen and oxygen atoms in total. The first-order valence-electron chi connectivity index (χ1n) is 3.89. The highest BCUT2D eigenvalue weighted by atomic mass is 79.9. The van der Waals surface area contributed by atoms with Crippen molar-refractivity contribution in [2.45, 2.75) is 0 Å². The van der Waals surface area contributed by atoms with Crippen LogP contribution < -0.4 is 4.74 Å². The van der Waals surface area contributed by atoms with Crippen LogP contribution in [0.5, 0.6) is 5.75 Å². The van der Waals surface area contributed by atoms with E-state index in [4.69, 9.17) is 16.3 Å². The van der Waals surface area contributed by atoms with Crippen LogP contribution in [0, 0.1) is 0 Å². The number of carbonyl (C=O) groups is 1. The monoisotopic (exact) mass is 278 g/mol. The summed E-state index contributed by atoms with van der Waals surface area (Å²) in [5.74, 6) is 0.721. The first-order chi connectivity index (χ1) is 6.68. The van der Waals surface area contributed by atoms with Crippen molar-refractivity contribution in [3.05, 3.63) is 28.7 Å². The molecule has 0 spiro atoms. The van der Waals surface area contributed by atoms with Crippen molar-refractivity contribution in [3.63, 3.8) is 0 Å². The second-order valence-electron chi connectivity index (χ2n) is 2.39. The van der Waals surface area contributed by atoms with Crippen molar-refractivity contribution in [1.29, 1.82) is 0 Å². The molecule has 0 amide bonds. The first-order valence-corrected chi connectivity index (χ1v) is 5.06. The molecule has 0 aliphatic rings. The molecule has 0 radical (unpaired) electrons. The van der Waals surface area contributed by atoms with Crippen molar-refractivity contribution in [1.82, 2.24) is 0 Å². The van der Waals surface area contributed by atoms with E-state index in [0.29, 0.717) is 6.61 Å². The zero-order chi connectivity index (χ0) is 10.4. The van der Waals surface area contributed by atoms with Crippen molar-refractivity contribution in [2.75, 3.05) is 13.2 Å². The molecule has 0 aliphatic heterocycles. The van der Waals surface area contributed by atoms with E-state index >= 15 is 0 Å². The van der Waals surface area contributed by atoms with Crippen molar-refractivity contribution < 1.29 is 14.3 Å². The van der Waals surface area contributed by atoms with Gasteiger partial charge in [-0.15, -0.1) is 0 Å². The largest absolute Gasteiger partial charge is 0.490 e. The molecule has 1 aromatic rings. The summed E-state index contributed by atoms with van der Waals surface area (Å²) in [5, 5.41) is 0. The molecule has 1 rings (SSSR count). The SMILES string of the molecule is O=C(Cl)OCCOc1ccc(Br)cc1. The van der Waals surface area contributed by atoms with Crippen LogP contribution in [0.15, 0.2) is 28.7 Å². The Balaban J connectivity index is 2.25. The lowest BCUT2D eigenvalue weighted by atomic mass is 10.3. The van der Waals surface area contributed by atoms with Crippen LogP contribution in [0.1, 0.15) is 0 Å². The predicted octanol–water partition coefficient (Wildman–Crippen LogP) is 3.20. The van der Waals surface area contributed by atoms with Crippen molar-refractivity contribution in [3.8, 4) is 5.75 Å². The Labute approximate surface area is 95.1 Å². The van der Waals surface area contributed by atoms with Gasteiger partial charge in [0.05, 0.1) is 0 Å². The van der Waals surface area contributed by atoms with Crippen molar-refractivity contribution in [2.24, 2.45) is 0 Å². The zero-order valence-corrected chi connectivity index (χ0v) is 9.55. The number of benzene rings is 1. The van der Waals surface area contributed by atoms with Gasteiger partial charge in [-0.1, -0.05) is 15.9 Å². The van der Waals surface area contributed by atoms with Crippen LogP contribution in [-0.2, 0) is 4.74 Å². The van der Waals surface area contributed by atoms with Gasteiger partial charge in [0.15, 0.2) is 0 Å². The van der Waals surface area contributed by atoms with Crippen LogP contribution in [0.2, 0.25) is 0 Å². The summed E-state index contributed by atoms with van der Waals surface area (Å²) in [6, 6.07) is 7.35. The van der Waals surface area contributed by atoms with E-state index in [0.717, 1.165) is 10.2 Å². The fourth-order valence-corrected chi connectivity index (χ4v) is 1.15. The summed E-state index contributed by atoms with van der Waals surface area (Å²) in [6.07, 6.45) is 0. The Hall–Kier alpha value is -0.740. The maximum atomic E-state index is 10.2. The molecule has 0 unspecified atom stereocenters. The Morgan fingerprint density at radius 3 is 2.50 bits per heavy atom. The maximum absolute atomic E-state index is 10.2. The summed E-state index contributed by atoms with van der Waals surface area (Å²) in [5.41, 5.74) is -0.815. The average molecular weight is 280 g/mol. The summed E-state index contributed by atoms with van der Waals surface area (Å²) < 4.78 is 10.7. The summed E-state index contributed by atoms with van der Waals surface area (Å²) in [4.78, 5) is 10.2. The molecule has 0 aliphatic carbocycles. The third kappa shape index (κ3) is 4.48. The van der Waals surface area contributed by atoms with Gasteiger partial charge in [-0.05, 0) is 24.3 Å². The number of hydrogen-bond donors (Lipinski definition) is 0. The first kappa shape index (κ1) is 11.3. The topological polar surface area (TPSA) is 35.5 Å². The number of ether oxygens (including phenoxy) is 2. The van der Waals surface area contributed by atoms with E-state index in [9.17, 15) is 4.79 Å². The molecule has 0 fully saturated rings. The number of hydrogen-bond acceptors (Lipinski definition) is 3. The normalized spacial score (nSPS) is 9.57. The van der Waals surface area contributed by atoms with Gasteiger partial charge in [-0.25, -0.2) is 4.79 Å². The third-order valence-corrected chi connectivity index (χ3v) is 2.02. The Morgan fingerprint density at radius 1 is 1.29 bits per heavy atom. The second kappa shape index (κ2) is 5.88. The molecule has 0 aromatic heterocycles. The average Bonchev–Trinajstić information content (AvgIpc) is 2.15. The molecule has 0 saturated carbocycles.